The van der Waals surface area contributed by atoms with Gasteiger partial charge in [0.1, 0.15) is 85.1 Å². The van der Waals surface area contributed by atoms with Gasteiger partial charge in [-0.15, -0.1) is 0 Å². The number of hydrogen-bond acceptors (Lipinski definition) is 29. The maximum atomic E-state index is 14.5. The summed E-state index contributed by atoms with van der Waals surface area (Å²) in [4.78, 5) is 302. The van der Waals surface area contributed by atoms with Crippen molar-refractivity contribution in [1.29, 1.82) is 0 Å². The lowest BCUT2D eigenvalue weighted by atomic mass is 10.1. The lowest BCUT2D eigenvalue weighted by Crippen LogP contribution is -2.57. The molecule has 13 aliphatic rings. The van der Waals surface area contributed by atoms with Gasteiger partial charge in [-0.2, -0.15) is 12.6 Å². The molecular formula is C82H119N21O28S. The van der Waals surface area contributed by atoms with E-state index in [9.17, 15) is 131 Å². The number of carboxylic acid groups (broad SMARTS) is 1. The van der Waals surface area contributed by atoms with Crippen molar-refractivity contribution < 1.29 is 136 Å². The van der Waals surface area contributed by atoms with Gasteiger partial charge >= 0.3 is 5.97 Å². The third kappa shape index (κ3) is 22.2. The van der Waals surface area contributed by atoms with Crippen molar-refractivity contribution in [3.05, 3.63) is 0 Å². The van der Waals surface area contributed by atoms with E-state index >= 15 is 0 Å². The molecule has 13 heterocycles. The number of carbonyl (C=O) groups excluding carboxylic acids is 20. The molecule has 0 bridgehead atoms. The number of likely N-dealkylation sites (tertiary alicyclic amines) is 12. The average molecular weight is 1880 g/mol. The van der Waals surface area contributed by atoms with E-state index < -0.39 is 285 Å². The highest BCUT2D eigenvalue weighted by atomic mass is 32.1. The molecule has 0 saturated carbocycles. The number of nitrogens with zero attached hydrogens (tertiary/aromatic N) is 12. The van der Waals surface area contributed by atoms with Crippen LogP contribution in [0.15, 0.2) is 0 Å². The Morgan fingerprint density at radius 2 is 0.485 bits per heavy atom. The molecule has 132 heavy (non-hydrogen) atoms. The number of nitrogens with one attached hydrogen (secondary N) is 9. The second kappa shape index (κ2) is 43.3. The van der Waals surface area contributed by atoms with Crippen LogP contribution < -0.4 is 47.9 Å². The largest absolute Gasteiger partial charge is 0.480 e. The number of thiol groups is 1. The van der Waals surface area contributed by atoms with Crippen LogP contribution in [0.1, 0.15) is 128 Å². The van der Waals surface area contributed by atoms with Crippen LogP contribution in [0.5, 0.6) is 0 Å². The van der Waals surface area contributed by atoms with Crippen LogP contribution in [0.3, 0.4) is 0 Å². The van der Waals surface area contributed by atoms with Crippen LogP contribution >= 0.6 is 12.6 Å². The van der Waals surface area contributed by atoms with Crippen LogP contribution in [0, 0.1) is 0 Å². The van der Waals surface area contributed by atoms with Gasteiger partial charge in [-0.05, 0) is 96.4 Å². The summed E-state index contributed by atoms with van der Waals surface area (Å²) in [7, 11) is 0. The second-order valence-corrected chi connectivity index (χ2v) is 36.5. The summed E-state index contributed by atoms with van der Waals surface area (Å²) < 4.78 is 0. The molecule has 13 fully saturated rings. The Morgan fingerprint density at radius 1 is 0.273 bits per heavy atom. The molecule has 0 unspecified atom stereocenters. The lowest BCUT2D eigenvalue weighted by Gasteiger charge is -2.32. The van der Waals surface area contributed by atoms with E-state index in [1.807, 2.05) is 0 Å². The topological polar surface area (TPSA) is 647 Å². The fourth-order valence-electron chi connectivity index (χ4n) is 20.9. The molecular weight excluding hydrogens is 1760 g/mol. The molecule has 20 atom stereocenters. The molecule has 13 aliphatic heterocycles. The smallest absolute Gasteiger partial charge is 0.322 e. The highest BCUT2D eigenvalue weighted by molar-refractivity contribution is 7.80. The van der Waals surface area contributed by atoms with Gasteiger partial charge < -0.3 is 142 Å². The van der Waals surface area contributed by atoms with Crippen molar-refractivity contribution in [2.24, 2.45) is 0 Å². The first-order valence-electron chi connectivity index (χ1n) is 45.5. The van der Waals surface area contributed by atoms with E-state index in [1.165, 1.54) is 29.4 Å². The number of aliphatic hydroxyl groups is 6. The molecule has 0 spiro atoms. The monoisotopic (exact) mass is 1880 g/mol. The molecule has 0 aliphatic carbocycles. The first kappa shape index (κ1) is 98.4. The number of carboxylic acids is 1. The Labute approximate surface area is 762 Å². The highest BCUT2D eigenvalue weighted by Crippen LogP contribution is 2.34. The van der Waals surface area contributed by atoms with Gasteiger partial charge in [0, 0.05) is 123 Å². The fraction of sp³-hybridized carbons (Fsp3) is 0.744. The summed E-state index contributed by atoms with van der Waals surface area (Å²) in [5.41, 5.74) is 0. The zero-order valence-corrected chi connectivity index (χ0v) is 74.0. The Balaban J connectivity index is 0.537. The molecule has 726 valence electrons. The van der Waals surface area contributed by atoms with Crippen molar-refractivity contribution in [3.63, 3.8) is 0 Å². The molecule has 50 heteroatoms. The Morgan fingerprint density at radius 3 is 0.682 bits per heavy atom. The first-order valence-corrected chi connectivity index (χ1v) is 46.1. The molecule has 0 aromatic carbocycles. The molecule has 49 nitrogen and oxygen atoms in total. The van der Waals surface area contributed by atoms with Gasteiger partial charge in [0.05, 0.1) is 81.9 Å². The van der Waals surface area contributed by atoms with Crippen molar-refractivity contribution in [3.8, 4) is 0 Å². The molecule has 13 saturated heterocycles. The van der Waals surface area contributed by atoms with Crippen LogP contribution in [0.2, 0.25) is 0 Å². The van der Waals surface area contributed by atoms with Crippen molar-refractivity contribution in [2.45, 2.75) is 250 Å². The first-order chi connectivity index (χ1) is 63.0. The van der Waals surface area contributed by atoms with Gasteiger partial charge in [-0.3, -0.25) is 101 Å². The highest BCUT2D eigenvalue weighted by Gasteiger charge is 2.54. The van der Waals surface area contributed by atoms with Crippen LogP contribution in [0.4, 0.5) is 0 Å². The van der Waals surface area contributed by atoms with Crippen molar-refractivity contribution >= 4 is 137 Å². The lowest BCUT2D eigenvalue weighted by molar-refractivity contribution is -0.148. The van der Waals surface area contributed by atoms with Gasteiger partial charge in [0.15, 0.2) is 0 Å². The SMILES string of the molecule is O=C(O)CNC(=O)[C@@H]1C[C@@H](O)CN1C(=O)[C@@H]1CCCN1C(=O)CNC(=O)[C@@H]1C[C@@H](O)CN1C(=O)[C@@H]1CCCN1C(=O)CNC(=O)[C@@H]1C[C@@H](O)CN1C(=O)[C@@H]1CCCN1C(=O)CNC(=O)[C@@H]1C[C@@H](O)CN1C(=O)[C@@H]1CCCN1C(=O)CNC(=O)[C@@H]1C[C@@H](O)CN1C(=O)[C@@H]1CCCN1C(=O)CNC(=O)[C@@H]1C[C@@H](O)CN1C(=O)[C@@H]1CCCN1C(=O)CNC(=O)[C@H](CS)NC(=O)[C@@H]1CCCN1. The number of hydrogen-bond donors (Lipinski definition) is 17. The second-order valence-electron chi connectivity index (χ2n) is 36.2. The number of carbonyl (C=O) groups is 21. The average Bonchev–Trinajstić information content (AvgIpc) is 1.64. The van der Waals surface area contributed by atoms with E-state index in [1.54, 1.807) is 0 Å². The third-order valence-corrected chi connectivity index (χ3v) is 27.8. The maximum absolute atomic E-state index is 14.5. The zero-order valence-electron chi connectivity index (χ0n) is 73.1. The van der Waals surface area contributed by atoms with E-state index in [4.69, 9.17) is 5.11 Å². The number of β-amino-alcohol motifs (C(OH)–C–C–N with tert-alkyl or cyclic N) is 6. The van der Waals surface area contributed by atoms with Gasteiger partial charge in [0.2, 0.25) is 118 Å². The normalized spacial score (nSPS) is 30.0. The van der Waals surface area contributed by atoms with Crippen LogP contribution in [0.25, 0.3) is 0 Å². The van der Waals surface area contributed by atoms with Gasteiger partial charge in [-0.25, -0.2) is 0 Å². The van der Waals surface area contributed by atoms with E-state index in [0.29, 0.717) is 51.5 Å². The number of aliphatic hydroxyl groups excluding tert-OH is 6. The van der Waals surface area contributed by atoms with Crippen molar-refractivity contribution in [2.75, 3.05) is 137 Å². The molecule has 0 aromatic heterocycles. The Kier molecular flexibility index (Phi) is 32.3. The molecule has 0 radical (unpaired) electrons. The molecule has 20 amide bonds. The predicted octanol–water partition coefficient (Wildman–Crippen LogP) is -13.2. The summed E-state index contributed by atoms with van der Waals surface area (Å²) in [5, 5.41) is 96.7. The maximum Gasteiger partial charge on any atom is 0.322 e. The summed E-state index contributed by atoms with van der Waals surface area (Å²) in [5.74, 6) is -15.7. The van der Waals surface area contributed by atoms with Gasteiger partial charge in [0.25, 0.3) is 0 Å². The summed E-state index contributed by atoms with van der Waals surface area (Å²) in [6.45, 7) is -5.36. The Bertz CT molecular complexity index is 4450. The number of rotatable bonds is 30. The third-order valence-electron chi connectivity index (χ3n) is 27.4. The molecule has 0 aromatic rings. The minimum Gasteiger partial charge on any atom is -0.480 e. The summed E-state index contributed by atoms with van der Waals surface area (Å²) >= 11 is 4.20. The number of amides is 20. The summed E-state index contributed by atoms with van der Waals surface area (Å²) in [6.07, 6.45) is -4.16. The van der Waals surface area contributed by atoms with Crippen molar-refractivity contribution in [1.82, 2.24) is 107 Å². The minimum atomic E-state index is -1.35. The van der Waals surface area contributed by atoms with Crippen LogP contribution in [-0.2, 0) is 101 Å². The van der Waals surface area contributed by atoms with E-state index in [-0.39, 0.29) is 167 Å². The standard InChI is InChI=1S/C82H119N21O28S/c104-42-22-56(98(35-42)77(126)50-9-2-16-92(50)62(110)28-84-69(118)49(41-132)91-70(119)48-8-1-15-83-48)71(120)85-29-63(111)93-17-3-10-51(93)78(127)99-36-43(105)23-57(99)72(121)86-30-64(112)94-18-4-11-52(94)79(128)100-37-44(106)24-58(100)73(122)87-31-65(113)95-19-5-12-53(95)80(129)101-38-45(107)25-59(101)74(123)88-32-66(114)96-20-6-13-54(96)81(130)102-39-46(108)26-60(102)75(124)89-33-67(115)97-21-7-14-55(97)82(131)103-40-47(109)27-61(103)76(125)90-34-68(116)117/h42-61,83,104-109,132H,1-41H2,(H,84,118)(H,85,120)(H,86,121)(H,87,122)(H,88,123)(H,89,124)(H,90,125)(H,91,119)(H,116,117)/t42-,43-,44-,45-,46-,47-,48+,49+,50+,51+,52+,53+,54+,55+,56+,57+,58+,59+,60+,61+/m1/s1. The van der Waals surface area contributed by atoms with E-state index in [2.05, 4.69) is 60.5 Å². The fourth-order valence-corrected chi connectivity index (χ4v) is 21.1. The van der Waals surface area contributed by atoms with E-state index in [0.717, 1.165) is 35.8 Å². The summed E-state index contributed by atoms with van der Waals surface area (Å²) in [6, 6.07) is -16.1. The quantitative estimate of drug-likeness (QED) is 0.0297. The number of aliphatic carboxylic acids is 1. The Hall–Kier alpha value is -11.1. The zero-order chi connectivity index (χ0) is 95.0. The van der Waals surface area contributed by atoms with Gasteiger partial charge in [-0.1, -0.05) is 0 Å². The predicted molar refractivity (Wildman–Crippen MR) is 451 cm³/mol. The minimum absolute atomic E-state index is 0.0305. The molecule has 16 N–H and O–H groups in total. The molecule has 13 rings (SSSR count). The van der Waals surface area contributed by atoms with Crippen LogP contribution in [-0.4, -0.2) is 477 Å².